The van der Waals surface area contributed by atoms with Crippen molar-refractivity contribution < 1.29 is 4.79 Å². The molecule has 0 saturated heterocycles. The van der Waals surface area contributed by atoms with Crippen LogP contribution in [0.3, 0.4) is 0 Å². The zero-order valence-electron chi connectivity index (χ0n) is 8.29. The SMILES string of the molecule is O=C1Cc2c(ccc3ccccc23)CN1. The van der Waals surface area contributed by atoms with E-state index >= 15 is 0 Å². The topological polar surface area (TPSA) is 29.1 Å². The van der Waals surface area contributed by atoms with E-state index < -0.39 is 0 Å². The molecule has 74 valence electrons. The van der Waals surface area contributed by atoms with Gasteiger partial charge in [0.2, 0.25) is 5.91 Å². The van der Waals surface area contributed by atoms with Crippen LogP contribution in [-0.4, -0.2) is 5.91 Å². The zero-order chi connectivity index (χ0) is 10.3. The van der Waals surface area contributed by atoms with Crippen molar-refractivity contribution in [2.45, 2.75) is 13.0 Å². The Balaban J connectivity index is 2.32. The summed E-state index contributed by atoms with van der Waals surface area (Å²) in [6, 6.07) is 12.4. The molecule has 1 aliphatic heterocycles. The first-order chi connectivity index (χ1) is 7.34. The summed E-state index contributed by atoms with van der Waals surface area (Å²) in [5.41, 5.74) is 2.44. The van der Waals surface area contributed by atoms with E-state index in [0.717, 1.165) is 0 Å². The molecule has 1 aliphatic rings. The van der Waals surface area contributed by atoms with Crippen LogP contribution in [0.4, 0.5) is 0 Å². The first-order valence-corrected chi connectivity index (χ1v) is 5.11. The molecule has 2 aromatic carbocycles. The van der Waals surface area contributed by atoms with Crippen LogP contribution in [0.5, 0.6) is 0 Å². The lowest BCUT2D eigenvalue weighted by Gasteiger charge is -2.18. The Labute approximate surface area is 87.9 Å². The van der Waals surface area contributed by atoms with Crippen molar-refractivity contribution in [1.82, 2.24) is 5.32 Å². The number of hydrogen-bond donors (Lipinski definition) is 1. The van der Waals surface area contributed by atoms with Gasteiger partial charge in [-0.2, -0.15) is 0 Å². The number of rotatable bonds is 0. The van der Waals surface area contributed by atoms with Gasteiger partial charge in [-0.1, -0.05) is 36.4 Å². The number of carbonyl (C=O) groups is 1. The zero-order valence-corrected chi connectivity index (χ0v) is 8.29. The Bertz CT molecular complexity index is 545. The summed E-state index contributed by atoms with van der Waals surface area (Å²) in [6.45, 7) is 0.666. The molecule has 3 rings (SSSR count). The second-order valence-electron chi connectivity index (χ2n) is 3.88. The Morgan fingerprint density at radius 1 is 1.07 bits per heavy atom. The lowest BCUT2D eigenvalue weighted by atomic mass is 9.94. The maximum absolute atomic E-state index is 11.4. The van der Waals surface area contributed by atoms with Crippen LogP contribution in [0, 0.1) is 0 Å². The van der Waals surface area contributed by atoms with Crippen LogP contribution >= 0.6 is 0 Å². The van der Waals surface area contributed by atoms with E-state index in [2.05, 4.69) is 29.6 Å². The van der Waals surface area contributed by atoms with Crippen LogP contribution in [0.25, 0.3) is 10.8 Å². The number of hydrogen-bond acceptors (Lipinski definition) is 1. The fourth-order valence-electron chi connectivity index (χ4n) is 2.17. The van der Waals surface area contributed by atoms with Crippen LogP contribution in [0.2, 0.25) is 0 Å². The molecule has 0 aromatic heterocycles. The molecule has 0 unspecified atom stereocenters. The highest BCUT2D eigenvalue weighted by Crippen LogP contribution is 2.24. The molecule has 0 radical (unpaired) electrons. The molecule has 1 amide bonds. The summed E-state index contributed by atoms with van der Waals surface area (Å²) < 4.78 is 0. The average Bonchev–Trinajstić information content (AvgIpc) is 2.29. The Hall–Kier alpha value is -1.83. The molecule has 15 heavy (non-hydrogen) atoms. The highest BCUT2D eigenvalue weighted by atomic mass is 16.1. The number of carbonyl (C=O) groups excluding carboxylic acids is 1. The molecule has 0 fully saturated rings. The smallest absolute Gasteiger partial charge is 0.224 e. The van der Waals surface area contributed by atoms with Crippen molar-refractivity contribution in [3.8, 4) is 0 Å². The van der Waals surface area contributed by atoms with E-state index in [1.165, 1.54) is 21.9 Å². The molecule has 0 spiro atoms. The van der Waals surface area contributed by atoms with E-state index in [0.29, 0.717) is 13.0 Å². The molecule has 0 saturated carbocycles. The largest absolute Gasteiger partial charge is 0.352 e. The maximum atomic E-state index is 11.4. The number of benzene rings is 2. The normalized spacial score (nSPS) is 14.8. The van der Waals surface area contributed by atoms with Crippen molar-refractivity contribution in [1.29, 1.82) is 0 Å². The third-order valence-corrected chi connectivity index (χ3v) is 2.95. The van der Waals surface area contributed by atoms with Gasteiger partial charge in [0, 0.05) is 6.54 Å². The minimum absolute atomic E-state index is 0.124. The van der Waals surface area contributed by atoms with Crippen molar-refractivity contribution in [3.63, 3.8) is 0 Å². The molecule has 1 N–H and O–H groups in total. The summed E-state index contributed by atoms with van der Waals surface area (Å²) in [5, 5.41) is 5.29. The summed E-state index contributed by atoms with van der Waals surface area (Å²) in [5.74, 6) is 0.124. The summed E-state index contributed by atoms with van der Waals surface area (Å²) in [4.78, 5) is 11.4. The van der Waals surface area contributed by atoms with Crippen LogP contribution in [0.15, 0.2) is 36.4 Å². The van der Waals surface area contributed by atoms with Gasteiger partial charge in [0.1, 0.15) is 0 Å². The van der Waals surface area contributed by atoms with Crippen molar-refractivity contribution >= 4 is 16.7 Å². The van der Waals surface area contributed by atoms with E-state index in [4.69, 9.17) is 0 Å². The molecular formula is C13H11NO. The number of amides is 1. The lowest BCUT2D eigenvalue weighted by molar-refractivity contribution is -0.121. The van der Waals surface area contributed by atoms with Gasteiger partial charge in [-0.25, -0.2) is 0 Å². The highest BCUT2D eigenvalue weighted by Gasteiger charge is 2.16. The number of nitrogens with one attached hydrogen (secondary N) is 1. The van der Waals surface area contributed by atoms with Crippen molar-refractivity contribution in [2.75, 3.05) is 0 Å². The third-order valence-electron chi connectivity index (χ3n) is 2.95. The maximum Gasteiger partial charge on any atom is 0.224 e. The molecule has 2 aromatic rings. The predicted molar refractivity (Wildman–Crippen MR) is 59.5 cm³/mol. The third kappa shape index (κ3) is 1.30. The van der Waals surface area contributed by atoms with Gasteiger partial charge < -0.3 is 5.32 Å². The minimum atomic E-state index is 0.124. The molecular weight excluding hydrogens is 186 g/mol. The van der Waals surface area contributed by atoms with E-state index in [9.17, 15) is 4.79 Å². The highest BCUT2D eigenvalue weighted by molar-refractivity contribution is 5.92. The second-order valence-corrected chi connectivity index (χ2v) is 3.88. The van der Waals surface area contributed by atoms with Crippen LogP contribution in [0.1, 0.15) is 11.1 Å². The van der Waals surface area contributed by atoms with E-state index in [1.54, 1.807) is 0 Å². The van der Waals surface area contributed by atoms with Crippen LogP contribution < -0.4 is 5.32 Å². The lowest BCUT2D eigenvalue weighted by Crippen LogP contribution is -2.30. The minimum Gasteiger partial charge on any atom is -0.352 e. The van der Waals surface area contributed by atoms with Gasteiger partial charge in [-0.15, -0.1) is 0 Å². The fourth-order valence-corrected chi connectivity index (χ4v) is 2.17. The van der Waals surface area contributed by atoms with Crippen molar-refractivity contribution in [2.24, 2.45) is 0 Å². The molecule has 1 heterocycles. The van der Waals surface area contributed by atoms with Gasteiger partial charge in [-0.05, 0) is 21.9 Å². The van der Waals surface area contributed by atoms with Gasteiger partial charge in [0.05, 0.1) is 6.42 Å². The molecule has 2 heteroatoms. The predicted octanol–water partition coefficient (Wildman–Crippen LogP) is 2.01. The van der Waals surface area contributed by atoms with Gasteiger partial charge >= 0.3 is 0 Å². The quantitative estimate of drug-likeness (QED) is 0.687. The van der Waals surface area contributed by atoms with Gasteiger partial charge in [-0.3, -0.25) is 4.79 Å². The average molecular weight is 197 g/mol. The van der Waals surface area contributed by atoms with Gasteiger partial charge in [0.15, 0.2) is 0 Å². The monoisotopic (exact) mass is 197 g/mol. The first kappa shape index (κ1) is 8.48. The Kier molecular flexibility index (Phi) is 1.75. The van der Waals surface area contributed by atoms with Crippen LogP contribution in [-0.2, 0) is 17.8 Å². The molecule has 2 nitrogen and oxygen atoms in total. The van der Waals surface area contributed by atoms with E-state index in [1.807, 2.05) is 12.1 Å². The second kappa shape index (κ2) is 3.09. The fraction of sp³-hybridized carbons (Fsp3) is 0.154. The molecule has 0 bridgehead atoms. The van der Waals surface area contributed by atoms with Crippen molar-refractivity contribution in [3.05, 3.63) is 47.5 Å². The molecule has 0 aliphatic carbocycles. The number of fused-ring (bicyclic) bond motifs is 3. The Morgan fingerprint density at radius 2 is 1.93 bits per heavy atom. The first-order valence-electron chi connectivity index (χ1n) is 5.11. The van der Waals surface area contributed by atoms with E-state index in [-0.39, 0.29) is 5.91 Å². The van der Waals surface area contributed by atoms with Gasteiger partial charge in [0.25, 0.3) is 0 Å². The summed E-state index contributed by atoms with van der Waals surface area (Å²) >= 11 is 0. The Morgan fingerprint density at radius 3 is 2.87 bits per heavy atom. The standard InChI is InChI=1S/C13H11NO/c15-13-7-12-10(8-14-13)6-5-9-3-1-2-4-11(9)12/h1-6H,7-8H2,(H,14,15). The molecule has 0 atom stereocenters. The summed E-state index contributed by atoms with van der Waals surface area (Å²) in [7, 11) is 0. The summed E-state index contributed by atoms with van der Waals surface area (Å²) in [6.07, 6.45) is 0.511.